The second kappa shape index (κ2) is 8.94. The fraction of sp³-hybridized carbons (Fsp3) is 0.227. The van der Waals surface area contributed by atoms with Crippen LogP contribution in [-0.2, 0) is 0 Å². The van der Waals surface area contributed by atoms with E-state index in [1.807, 2.05) is 6.07 Å². The predicted molar refractivity (Wildman–Crippen MR) is 108 cm³/mol. The van der Waals surface area contributed by atoms with Crippen LogP contribution in [0, 0.1) is 0 Å². The summed E-state index contributed by atoms with van der Waals surface area (Å²) in [5.74, 6) is 0.331. The molecule has 0 aliphatic rings. The maximum Gasteiger partial charge on any atom is 0.259 e. The molecule has 5 heteroatoms. The summed E-state index contributed by atoms with van der Waals surface area (Å²) in [6, 6.07) is 10.3. The van der Waals surface area contributed by atoms with Crippen molar-refractivity contribution in [1.82, 2.24) is 4.98 Å². The average Bonchev–Trinajstić information content (AvgIpc) is 2.70. The number of hydrogen-bond acceptors (Lipinski definition) is 4. The number of aliphatic hydroxyl groups excluding tert-OH is 1. The number of hydrogen-bond donors (Lipinski definition) is 1. The first-order valence-electron chi connectivity index (χ1n) is 8.78. The van der Waals surface area contributed by atoms with Gasteiger partial charge in [-0.25, -0.2) is 4.98 Å². The fourth-order valence-corrected chi connectivity index (χ4v) is 2.66. The lowest BCUT2D eigenvalue weighted by Gasteiger charge is -2.20. The van der Waals surface area contributed by atoms with Gasteiger partial charge < -0.3 is 5.11 Å². The minimum Gasteiger partial charge on any atom is -0.509 e. The van der Waals surface area contributed by atoms with Gasteiger partial charge in [-0.05, 0) is 48.3 Å². The van der Waals surface area contributed by atoms with Gasteiger partial charge in [-0.2, -0.15) is 0 Å². The van der Waals surface area contributed by atoms with Crippen LogP contribution in [0.4, 0.5) is 5.82 Å². The summed E-state index contributed by atoms with van der Waals surface area (Å²) in [5, 5.41) is 9.31. The van der Waals surface area contributed by atoms with Gasteiger partial charge in [0, 0.05) is 12.6 Å². The van der Waals surface area contributed by atoms with Crippen molar-refractivity contribution >= 4 is 24.1 Å². The Balaban J connectivity index is 2.44. The zero-order valence-corrected chi connectivity index (χ0v) is 15.8. The molecule has 0 radical (unpaired) electrons. The Morgan fingerprint density at radius 1 is 1.26 bits per heavy atom. The molecule has 0 bridgehead atoms. The second-order valence-electron chi connectivity index (χ2n) is 6.35. The van der Waals surface area contributed by atoms with E-state index in [-0.39, 0.29) is 17.6 Å². The monoisotopic (exact) mass is 364 g/mol. The highest BCUT2D eigenvalue weighted by molar-refractivity contribution is 6.09. The Labute approximate surface area is 159 Å². The molecular formula is C22H24N2O3. The van der Waals surface area contributed by atoms with Crippen LogP contribution < -0.4 is 4.90 Å². The van der Waals surface area contributed by atoms with Crippen molar-refractivity contribution in [2.45, 2.75) is 26.2 Å². The first-order valence-corrected chi connectivity index (χ1v) is 8.78. The minimum atomic E-state index is -0.299. The van der Waals surface area contributed by atoms with Crippen molar-refractivity contribution in [3.05, 3.63) is 77.2 Å². The van der Waals surface area contributed by atoms with Crippen molar-refractivity contribution in [2.75, 3.05) is 11.9 Å². The summed E-state index contributed by atoms with van der Waals surface area (Å²) in [7, 11) is 1.64. The molecule has 0 spiro atoms. The van der Waals surface area contributed by atoms with E-state index in [2.05, 4.69) is 25.4 Å². The number of carbonyl (C=O) groups is 2. The van der Waals surface area contributed by atoms with E-state index in [0.717, 1.165) is 17.7 Å². The molecule has 27 heavy (non-hydrogen) atoms. The average molecular weight is 364 g/mol. The molecule has 5 nitrogen and oxygen atoms in total. The van der Waals surface area contributed by atoms with Crippen LogP contribution in [0.3, 0.4) is 0 Å². The summed E-state index contributed by atoms with van der Waals surface area (Å²) >= 11 is 0. The Morgan fingerprint density at radius 2 is 1.96 bits per heavy atom. The van der Waals surface area contributed by atoms with Crippen LogP contribution in [0.25, 0.3) is 6.08 Å². The molecule has 1 heterocycles. The molecule has 0 saturated carbocycles. The van der Waals surface area contributed by atoms with E-state index in [1.165, 1.54) is 11.0 Å². The van der Waals surface area contributed by atoms with Crippen LogP contribution in [0.2, 0.25) is 0 Å². The molecule has 1 N–H and O–H groups in total. The number of benzene rings is 1. The Hall–Kier alpha value is -3.21. The third-order valence-corrected chi connectivity index (χ3v) is 4.44. The molecule has 0 aliphatic heterocycles. The molecule has 0 fully saturated rings. The summed E-state index contributed by atoms with van der Waals surface area (Å²) in [6.07, 6.45) is 4.82. The van der Waals surface area contributed by atoms with E-state index < -0.39 is 0 Å². The van der Waals surface area contributed by atoms with Crippen molar-refractivity contribution in [2.24, 2.45) is 0 Å². The van der Waals surface area contributed by atoms with Crippen molar-refractivity contribution in [3.63, 3.8) is 0 Å². The van der Waals surface area contributed by atoms with E-state index in [1.54, 1.807) is 43.5 Å². The third kappa shape index (κ3) is 4.70. The molecule has 1 atom stereocenters. The first kappa shape index (κ1) is 20.1. The van der Waals surface area contributed by atoms with Gasteiger partial charge in [-0.1, -0.05) is 38.6 Å². The van der Waals surface area contributed by atoms with Gasteiger partial charge in [0.05, 0.1) is 11.3 Å². The lowest BCUT2D eigenvalue weighted by Crippen LogP contribution is -2.28. The minimum absolute atomic E-state index is 0.0352. The summed E-state index contributed by atoms with van der Waals surface area (Å²) in [4.78, 5) is 30.2. The van der Waals surface area contributed by atoms with E-state index in [0.29, 0.717) is 23.2 Å². The smallest absolute Gasteiger partial charge is 0.259 e. The number of nitrogens with zero attached hydrogens (tertiary/aromatic N) is 2. The number of carbonyl (C=O) groups excluding carboxylic acids is 2. The number of anilines is 1. The molecular weight excluding hydrogens is 340 g/mol. The lowest BCUT2D eigenvalue weighted by atomic mass is 9.99. The lowest BCUT2D eigenvalue weighted by molar-refractivity contribution is 0.0985. The zero-order valence-electron chi connectivity index (χ0n) is 15.8. The third-order valence-electron chi connectivity index (χ3n) is 4.44. The summed E-state index contributed by atoms with van der Waals surface area (Å²) < 4.78 is 0. The van der Waals surface area contributed by atoms with Crippen molar-refractivity contribution in [3.8, 4) is 0 Å². The van der Waals surface area contributed by atoms with Crippen LogP contribution in [0.15, 0.2) is 54.8 Å². The molecule has 0 aliphatic carbocycles. The van der Waals surface area contributed by atoms with E-state index in [4.69, 9.17) is 0 Å². The maximum absolute atomic E-state index is 12.8. The largest absolute Gasteiger partial charge is 0.509 e. The molecule has 2 aromatic rings. The Kier molecular flexibility index (Phi) is 6.66. The number of aromatic nitrogens is 1. The van der Waals surface area contributed by atoms with Crippen LogP contribution in [0.5, 0.6) is 0 Å². The first-order chi connectivity index (χ1) is 12.9. The standard InChI is InChI=1S/C22H24N2O3/c1-5-15(2)21-17(11-10-16(3)26)12-13-20(23-21)24(4)22(27)19-9-7-6-8-18(19)14-25/h6-15,26H,3,5H2,1-2,4H3/b11-10-. The van der Waals surface area contributed by atoms with Crippen LogP contribution in [0.1, 0.15) is 58.2 Å². The highest BCUT2D eigenvalue weighted by Crippen LogP contribution is 2.26. The Bertz CT molecular complexity index is 887. The maximum atomic E-state index is 12.8. The number of amides is 1. The number of pyridine rings is 1. The number of allylic oxidation sites excluding steroid dienone is 1. The van der Waals surface area contributed by atoms with Gasteiger partial charge in [0.1, 0.15) is 11.6 Å². The van der Waals surface area contributed by atoms with Crippen LogP contribution in [-0.4, -0.2) is 29.3 Å². The van der Waals surface area contributed by atoms with E-state index in [9.17, 15) is 14.7 Å². The molecule has 1 aromatic heterocycles. The van der Waals surface area contributed by atoms with Crippen LogP contribution >= 0.6 is 0 Å². The summed E-state index contributed by atoms with van der Waals surface area (Å²) in [5.41, 5.74) is 2.37. The second-order valence-corrected chi connectivity index (χ2v) is 6.35. The van der Waals surface area contributed by atoms with Crippen molar-refractivity contribution < 1.29 is 14.7 Å². The van der Waals surface area contributed by atoms with Crippen molar-refractivity contribution in [1.29, 1.82) is 0 Å². The number of aliphatic hydroxyl groups is 1. The molecule has 2 rings (SSSR count). The van der Waals surface area contributed by atoms with Gasteiger partial charge in [-0.15, -0.1) is 0 Å². The van der Waals surface area contributed by atoms with Gasteiger partial charge >= 0.3 is 0 Å². The normalized spacial score (nSPS) is 12.0. The molecule has 1 amide bonds. The highest BCUT2D eigenvalue weighted by atomic mass is 16.3. The van der Waals surface area contributed by atoms with Gasteiger partial charge in [0.15, 0.2) is 6.29 Å². The fourth-order valence-electron chi connectivity index (χ4n) is 2.66. The topological polar surface area (TPSA) is 70.5 Å². The van der Waals surface area contributed by atoms with Gasteiger partial charge in [-0.3, -0.25) is 14.5 Å². The van der Waals surface area contributed by atoms with Gasteiger partial charge in [0.2, 0.25) is 0 Å². The highest BCUT2D eigenvalue weighted by Gasteiger charge is 2.19. The summed E-state index contributed by atoms with van der Waals surface area (Å²) in [6.45, 7) is 7.57. The van der Waals surface area contributed by atoms with E-state index >= 15 is 0 Å². The Morgan fingerprint density at radius 3 is 2.59 bits per heavy atom. The zero-order chi connectivity index (χ0) is 20.0. The molecule has 0 saturated heterocycles. The number of rotatable bonds is 7. The SMILES string of the molecule is C=C(O)/C=C\c1ccc(N(C)C(=O)c2ccccc2C=O)nc1C(C)CC. The molecule has 1 aromatic carbocycles. The van der Waals surface area contributed by atoms with Gasteiger partial charge in [0.25, 0.3) is 5.91 Å². The number of aldehydes is 1. The molecule has 140 valence electrons. The predicted octanol–water partition coefficient (Wildman–Crippen LogP) is 4.77. The molecule has 1 unspecified atom stereocenters. The quantitative estimate of drug-likeness (QED) is 0.436.